The van der Waals surface area contributed by atoms with Crippen LogP contribution in [0.15, 0.2) is 66.9 Å². The summed E-state index contributed by atoms with van der Waals surface area (Å²) in [5.74, 6) is -0.113. The molecule has 0 N–H and O–H groups in total. The SMILES string of the molecule is COC(=O)CCCCCCCn1ncc(-c2ccccc2)c1-c1ccccc1. The number of nitrogens with zero attached hydrogens (tertiary/aromatic N) is 2. The van der Waals surface area contributed by atoms with Gasteiger partial charge in [-0.05, 0) is 18.4 Å². The van der Waals surface area contributed by atoms with Gasteiger partial charge in [0.1, 0.15) is 0 Å². The zero-order chi connectivity index (χ0) is 19.6. The number of hydrogen-bond donors (Lipinski definition) is 0. The molecule has 0 spiro atoms. The second-order valence-corrected chi connectivity index (χ2v) is 6.96. The largest absolute Gasteiger partial charge is 0.469 e. The Morgan fingerprint density at radius 1 is 0.857 bits per heavy atom. The minimum Gasteiger partial charge on any atom is -0.469 e. The Balaban J connectivity index is 1.63. The summed E-state index contributed by atoms with van der Waals surface area (Å²) < 4.78 is 6.81. The average molecular weight is 377 g/mol. The number of carbonyl (C=O) groups is 1. The first-order chi connectivity index (χ1) is 13.8. The van der Waals surface area contributed by atoms with E-state index in [0.717, 1.165) is 38.6 Å². The molecule has 0 aliphatic heterocycles. The predicted molar refractivity (Wildman–Crippen MR) is 113 cm³/mol. The fourth-order valence-corrected chi connectivity index (χ4v) is 3.45. The van der Waals surface area contributed by atoms with E-state index in [-0.39, 0.29) is 5.97 Å². The number of carbonyl (C=O) groups excluding carboxylic acids is 1. The van der Waals surface area contributed by atoms with Crippen molar-refractivity contribution in [2.24, 2.45) is 0 Å². The maximum atomic E-state index is 11.1. The molecular formula is C24H28N2O2. The number of benzene rings is 2. The number of esters is 1. The van der Waals surface area contributed by atoms with Crippen molar-refractivity contribution >= 4 is 5.97 Å². The van der Waals surface area contributed by atoms with Gasteiger partial charge in [-0.15, -0.1) is 0 Å². The number of hydrogen-bond acceptors (Lipinski definition) is 3. The minimum absolute atomic E-state index is 0.113. The van der Waals surface area contributed by atoms with E-state index in [2.05, 4.69) is 57.9 Å². The molecular weight excluding hydrogens is 348 g/mol. The lowest BCUT2D eigenvalue weighted by Crippen LogP contribution is -2.03. The molecule has 4 nitrogen and oxygen atoms in total. The highest BCUT2D eigenvalue weighted by Gasteiger charge is 2.14. The van der Waals surface area contributed by atoms with Gasteiger partial charge in [-0.3, -0.25) is 9.48 Å². The van der Waals surface area contributed by atoms with Crippen LogP contribution in [0.1, 0.15) is 38.5 Å². The molecule has 0 atom stereocenters. The third kappa shape index (κ3) is 5.32. The quantitative estimate of drug-likeness (QED) is 0.335. The van der Waals surface area contributed by atoms with E-state index < -0.39 is 0 Å². The minimum atomic E-state index is -0.113. The number of unbranched alkanes of at least 4 members (excludes halogenated alkanes) is 4. The summed E-state index contributed by atoms with van der Waals surface area (Å²) in [6.45, 7) is 0.897. The van der Waals surface area contributed by atoms with Crippen molar-refractivity contribution in [2.75, 3.05) is 7.11 Å². The zero-order valence-electron chi connectivity index (χ0n) is 16.5. The standard InChI is InChI=1S/C24H28N2O2/c1-28-23(27)17-11-3-2-4-12-18-26-24(21-15-9-6-10-16-21)22(19-25-26)20-13-7-5-8-14-20/h5-10,13-16,19H,2-4,11-12,17-18H2,1H3. The van der Waals surface area contributed by atoms with Crippen LogP contribution in [0, 0.1) is 0 Å². The molecule has 4 heteroatoms. The second-order valence-electron chi connectivity index (χ2n) is 6.96. The van der Waals surface area contributed by atoms with Gasteiger partial charge in [-0.2, -0.15) is 5.10 Å². The van der Waals surface area contributed by atoms with Crippen LogP contribution in [0.25, 0.3) is 22.4 Å². The van der Waals surface area contributed by atoms with E-state index in [1.807, 2.05) is 18.3 Å². The number of ether oxygens (including phenoxy) is 1. The Morgan fingerprint density at radius 2 is 1.46 bits per heavy atom. The van der Waals surface area contributed by atoms with Crippen molar-refractivity contribution in [2.45, 2.75) is 45.1 Å². The summed E-state index contributed by atoms with van der Waals surface area (Å²) in [5.41, 5.74) is 4.73. The molecule has 0 bridgehead atoms. The Morgan fingerprint density at radius 3 is 2.14 bits per heavy atom. The summed E-state index contributed by atoms with van der Waals surface area (Å²) in [5, 5.41) is 4.69. The highest BCUT2D eigenvalue weighted by atomic mass is 16.5. The number of aryl methyl sites for hydroxylation is 1. The highest BCUT2D eigenvalue weighted by molar-refractivity contribution is 5.80. The number of rotatable bonds is 10. The molecule has 2 aromatic carbocycles. The smallest absolute Gasteiger partial charge is 0.305 e. The van der Waals surface area contributed by atoms with E-state index in [1.165, 1.54) is 29.5 Å². The van der Waals surface area contributed by atoms with Crippen LogP contribution < -0.4 is 0 Å². The van der Waals surface area contributed by atoms with Crippen LogP contribution >= 0.6 is 0 Å². The Bertz CT molecular complexity index is 857. The fourth-order valence-electron chi connectivity index (χ4n) is 3.45. The summed E-state index contributed by atoms with van der Waals surface area (Å²) >= 11 is 0. The van der Waals surface area contributed by atoms with Crippen molar-refractivity contribution in [1.82, 2.24) is 9.78 Å². The second kappa shape index (κ2) is 10.5. The van der Waals surface area contributed by atoms with Gasteiger partial charge in [0.05, 0.1) is 19.0 Å². The van der Waals surface area contributed by atoms with E-state index in [1.54, 1.807) is 0 Å². The predicted octanol–water partition coefficient (Wildman–Crippen LogP) is 5.73. The van der Waals surface area contributed by atoms with Crippen LogP contribution in [-0.4, -0.2) is 22.9 Å². The summed E-state index contributed by atoms with van der Waals surface area (Å²) in [6.07, 6.45) is 7.81. The maximum Gasteiger partial charge on any atom is 0.305 e. The monoisotopic (exact) mass is 376 g/mol. The van der Waals surface area contributed by atoms with Crippen LogP contribution in [0.3, 0.4) is 0 Å². The number of aromatic nitrogens is 2. The third-order valence-corrected chi connectivity index (χ3v) is 4.95. The molecule has 146 valence electrons. The molecule has 3 aromatic rings. The van der Waals surface area contributed by atoms with E-state index in [0.29, 0.717) is 6.42 Å². The topological polar surface area (TPSA) is 44.1 Å². The van der Waals surface area contributed by atoms with Crippen molar-refractivity contribution in [3.63, 3.8) is 0 Å². The molecule has 0 saturated heterocycles. The Labute approximate surface area is 167 Å². The van der Waals surface area contributed by atoms with Crippen molar-refractivity contribution in [1.29, 1.82) is 0 Å². The van der Waals surface area contributed by atoms with Crippen molar-refractivity contribution in [3.05, 3.63) is 66.9 Å². The van der Waals surface area contributed by atoms with Crippen molar-refractivity contribution < 1.29 is 9.53 Å². The molecule has 3 rings (SSSR count). The molecule has 1 heterocycles. The number of methoxy groups -OCH3 is 1. The molecule has 0 fully saturated rings. The van der Waals surface area contributed by atoms with Gasteiger partial charge in [-0.1, -0.05) is 79.9 Å². The molecule has 0 aliphatic rings. The molecule has 0 unspecified atom stereocenters. The summed E-state index contributed by atoms with van der Waals surface area (Å²) in [4.78, 5) is 11.1. The molecule has 28 heavy (non-hydrogen) atoms. The molecule has 0 saturated carbocycles. The zero-order valence-corrected chi connectivity index (χ0v) is 16.5. The first-order valence-electron chi connectivity index (χ1n) is 10.0. The fraction of sp³-hybridized carbons (Fsp3) is 0.333. The van der Waals surface area contributed by atoms with Gasteiger partial charge in [0.15, 0.2) is 0 Å². The maximum absolute atomic E-state index is 11.1. The first-order valence-corrected chi connectivity index (χ1v) is 10.0. The normalized spacial score (nSPS) is 10.8. The molecule has 1 aromatic heterocycles. The van der Waals surface area contributed by atoms with Gasteiger partial charge < -0.3 is 4.74 Å². The van der Waals surface area contributed by atoms with Crippen LogP contribution in [0.4, 0.5) is 0 Å². The van der Waals surface area contributed by atoms with E-state index in [4.69, 9.17) is 5.10 Å². The van der Waals surface area contributed by atoms with Crippen LogP contribution in [0.2, 0.25) is 0 Å². The highest BCUT2D eigenvalue weighted by Crippen LogP contribution is 2.32. The van der Waals surface area contributed by atoms with Gasteiger partial charge in [0.2, 0.25) is 0 Å². The lowest BCUT2D eigenvalue weighted by Gasteiger charge is -2.10. The Kier molecular flexibility index (Phi) is 7.42. The van der Waals surface area contributed by atoms with Crippen LogP contribution in [0.5, 0.6) is 0 Å². The molecule has 0 aliphatic carbocycles. The van der Waals surface area contributed by atoms with E-state index >= 15 is 0 Å². The Hall–Kier alpha value is -2.88. The summed E-state index contributed by atoms with van der Waals surface area (Å²) in [6, 6.07) is 20.9. The lowest BCUT2D eigenvalue weighted by atomic mass is 10.0. The van der Waals surface area contributed by atoms with Crippen molar-refractivity contribution in [3.8, 4) is 22.4 Å². The molecule has 0 amide bonds. The molecule has 0 radical (unpaired) electrons. The summed E-state index contributed by atoms with van der Waals surface area (Å²) in [7, 11) is 1.44. The third-order valence-electron chi connectivity index (χ3n) is 4.95. The van der Waals surface area contributed by atoms with Gasteiger partial charge >= 0.3 is 5.97 Å². The average Bonchev–Trinajstić information content (AvgIpc) is 3.18. The van der Waals surface area contributed by atoms with Crippen LogP contribution in [-0.2, 0) is 16.1 Å². The van der Waals surface area contributed by atoms with Gasteiger partial charge in [0, 0.05) is 24.1 Å². The first kappa shape index (κ1) is 19.9. The van der Waals surface area contributed by atoms with Gasteiger partial charge in [-0.25, -0.2) is 0 Å². The van der Waals surface area contributed by atoms with Gasteiger partial charge in [0.25, 0.3) is 0 Å². The van der Waals surface area contributed by atoms with E-state index in [9.17, 15) is 4.79 Å². The lowest BCUT2D eigenvalue weighted by molar-refractivity contribution is -0.140.